The van der Waals surface area contributed by atoms with E-state index in [4.69, 9.17) is 30.8 Å². The molecule has 240 valence electrons. The number of piperidine rings is 1. The van der Waals surface area contributed by atoms with E-state index in [1.54, 1.807) is 22.8 Å². The van der Waals surface area contributed by atoms with Gasteiger partial charge in [-0.2, -0.15) is 0 Å². The first kappa shape index (κ1) is 31.6. The number of carboxylic acid groups (broad SMARTS) is 1. The van der Waals surface area contributed by atoms with Crippen molar-refractivity contribution in [2.45, 2.75) is 64.7 Å². The maximum absolute atomic E-state index is 13.1. The van der Waals surface area contributed by atoms with Gasteiger partial charge in [0.15, 0.2) is 5.84 Å². The van der Waals surface area contributed by atoms with Crippen LogP contribution < -0.4 is 20.5 Å². The Morgan fingerprint density at radius 1 is 1.07 bits per heavy atom. The average molecular weight is 620 g/mol. The highest BCUT2D eigenvalue weighted by atomic mass is 16.5. The van der Waals surface area contributed by atoms with E-state index in [1.165, 1.54) is 0 Å². The van der Waals surface area contributed by atoms with Crippen molar-refractivity contribution in [3.05, 3.63) is 53.9 Å². The molecule has 2 aromatic carbocycles. The summed E-state index contributed by atoms with van der Waals surface area (Å²) in [4.78, 5) is 31.1. The van der Waals surface area contributed by atoms with Gasteiger partial charge in [-0.05, 0) is 81.0 Å². The van der Waals surface area contributed by atoms with Crippen LogP contribution in [0.25, 0.3) is 11.0 Å². The molecule has 6 N–H and O–H groups in total. The SMILES string of the molecule is CC(=N)N1CCC(Oc2ccc(OCc3nc4cc(C(N)=NO)ccc4n3CC(=O)NCC3CCC(C(=O)O)CC3)cc2)CC1. The van der Waals surface area contributed by atoms with E-state index in [9.17, 15) is 14.7 Å². The van der Waals surface area contributed by atoms with Crippen LogP contribution in [0.2, 0.25) is 0 Å². The van der Waals surface area contributed by atoms with E-state index in [0.29, 0.717) is 53.4 Å². The lowest BCUT2D eigenvalue weighted by molar-refractivity contribution is -0.143. The van der Waals surface area contributed by atoms with E-state index in [-0.39, 0.29) is 42.8 Å². The van der Waals surface area contributed by atoms with Gasteiger partial charge in [0.05, 0.1) is 22.8 Å². The van der Waals surface area contributed by atoms with E-state index in [1.807, 2.05) is 31.2 Å². The maximum Gasteiger partial charge on any atom is 0.306 e. The highest BCUT2D eigenvalue weighted by Crippen LogP contribution is 2.29. The Balaban J connectivity index is 1.23. The molecule has 0 bridgehead atoms. The zero-order chi connectivity index (χ0) is 31.9. The van der Waals surface area contributed by atoms with Crippen LogP contribution in [0.5, 0.6) is 11.5 Å². The van der Waals surface area contributed by atoms with Gasteiger partial charge in [0.25, 0.3) is 0 Å². The van der Waals surface area contributed by atoms with Crippen LogP contribution >= 0.6 is 0 Å². The quantitative estimate of drug-likeness (QED) is 0.0925. The third-order valence-corrected chi connectivity index (χ3v) is 8.73. The van der Waals surface area contributed by atoms with Gasteiger partial charge in [-0.15, -0.1) is 0 Å². The number of benzene rings is 2. The predicted molar refractivity (Wildman–Crippen MR) is 168 cm³/mol. The van der Waals surface area contributed by atoms with E-state index in [0.717, 1.165) is 44.5 Å². The van der Waals surface area contributed by atoms with Crippen LogP contribution in [0, 0.1) is 17.2 Å². The monoisotopic (exact) mass is 619 g/mol. The molecule has 1 saturated heterocycles. The first-order valence-corrected chi connectivity index (χ1v) is 15.4. The molecule has 13 heteroatoms. The fourth-order valence-corrected chi connectivity index (χ4v) is 6.02. The number of carbonyl (C=O) groups excluding carboxylic acids is 1. The van der Waals surface area contributed by atoms with Gasteiger partial charge in [-0.1, -0.05) is 5.16 Å². The minimum Gasteiger partial charge on any atom is -0.490 e. The Hall–Kier alpha value is -4.81. The molecule has 0 atom stereocenters. The molecule has 0 unspecified atom stereocenters. The number of nitrogens with one attached hydrogen (secondary N) is 2. The van der Waals surface area contributed by atoms with Crippen LogP contribution in [0.3, 0.4) is 0 Å². The molecule has 1 amide bonds. The fraction of sp³-hybridized carbons (Fsp3) is 0.469. The van der Waals surface area contributed by atoms with Crippen molar-refractivity contribution in [2.75, 3.05) is 19.6 Å². The van der Waals surface area contributed by atoms with Gasteiger partial charge in [0.2, 0.25) is 5.91 Å². The van der Waals surface area contributed by atoms with Crippen molar-refractivity contribution in [3.8, 4) is 11.5 Å². The normalized spacial score (nSPS) is 19.3. The molecule has 0 spiro atoms. The molecule has 1 aromatic heterocycles. The summed E-state index contributed by atoms with van der Waals surface area (Å²) >= 11 is 0. The number of ether oxygens (including phenoxy) is 2. The molecular formula is C32H41N7O6. The number of fused-ring (bicyclic) bond motifs is 1. The van der Waals surface area contributed by atoms with Gasteiger partial charge in [-0.25, -0.2) is 4.98 Å². The summed E-state index contributed by atoms with van der Waals surface area (Å²) < 4.78 is 14.0. The largest absolute Gasteiger partial charge is 0.490 e. The predicted octanol–water partition coefficient (Wildman–Crippen LogP) is 3.56. The Kier molecular flexibility index (Phi) is 10.1. The number of carbonyl (C=O) groups is 2. The molecule has 2 heterocycles. The Morgan fingerprint density at radius 3 is 2.40 bits per heavy atom. The Morgan fingerprint density at radius 2 is 1.76 bits per heavy atom. The first-order chi connectivity index (χ1) is 21.7. The van der Waals surface area contributed by atoms with Gasteiger partial charge in [0.1, 0.15) is 36.6 Å². The second-order valence-electron chi connectivity index (χ2n) is 11.8. The highest BCUT2D eigenvalue weighted by molar-refractivity contribution is 5.99. The number of likely N-dealkylation sites (tertiary alicyclic amines) is 1. The summed E-state index contributed by atoms with van der Waals surface area (Å²) in [5.74, 6) is 1.48. The number of hydrogen-bond donors (Lipinski definition) is 5. The number of imidazole rings is 1. The summed E-state index contributed by atoms with van der Waals surface area (Å²) in [5, 5.41) is 32.2. The summed E-state index contributed by atoms with van der Waals surface area (Å²) in [6.45, 7) is 4.05. The zero-order valence-corrected chi connectivity index (χ0v) is 25.4. The molecule has 0 radical (unpaired) electrons. The van der Waals surface area contributed by atoms with Crippen molar-refractivity contribution in [2.24, 2.45) is 22.7 Å². The minimum absolute atomic E-state index is 0.0195. The van der Waals surface area contributed by atoms with Crippen LogP contribution in [0.15, 0.2) is 47.6 Å². The molecule has 1 aliphatic carbocycles. The molecule has 1 aliphatic heterocycles. The Bertz CT molecular complexity index is 1540. The number of amidine groups is 2. The van der Waals surface area contributed by atoms with Gasteiger partial charge in [0, 0.05) is 38.0 Å². The van der Waals surface area contributed by atoms with Crippen molar-refractivity contribution >= 4 is 34.6 Å². The van der Waals surface area contributed by atoms with Crippen molar-refractivity contribution in [1.82, 2.24) is 19.8 Å². The number of nitrogens with two attached hydrogens (primary N) is 1. The number of aromatic nitrogens is 2. The van der Waals surface area contributed by atoms with Crippen LogP contribution in [0.1, 0.15) is 56.8 Å². The summed E-state index contributed by atoms with van der Waals surface area (Å²) in [6.07, 6.45) is 4.63. The standard InChI is InChI=1S/C32H41N7O6/c1-20(33)38-14-12-26(13-15-38)45-25-9-7-24(8-10-25)44-19-29-36-27-16-23(31(34)37-43)6-11-28(27)39(29)18-30(40)35-17-21-2-4-22(5-3-21)32(41)42/h6-11,16,21-22,26,33,43H,2-5,12-15,17-19H2,1H3,(H2,34,37)(H,35,40)(H,41,42). The summed E-state index contributed by atoms with van der Waals surface area (Å²) in [6, 6.07) is 12.6. The van der Waals surface area contributed by atoms with Gasteiger partial charge < -0.3 is 40.3 Å². The lowest BCUT2D eigenvalue weighted by Gasteiger charge is -2.32. The topological polar surface area (TPSA) is 188 Å². The van der Waals surface area contributed by atoms with Crippen molar-refractivity contribution < 1.29 is 29.4 Å². The third-order valence-electron chi connectivity index (χ3n) is 8.73. The molecule has 2 fully saturated rings. The number of hydrogen-bond acceptors (Lipinski definition) is 8. The molecule has 1 saturated carbocycles. The Labute approximate surface area is 261 Å². The average Bonchev–Trinajstić information content (AvgIpc) is 3.39. The molecule has 13 nitrogen and oxygen atoms in total. The number of carboxylic acids is 1. The molecule has 5 rings (SSSR count). The van der Waals surface area contributed by atoms with E-state index < -0.39 is 5.97 Å². The lowest BCUT2D eigenvalue weighted by Crippen LogP contribution is -2.40. The van der Waals surface area contributed by atoms with Crippen molar-refractivity contribution in [1.29, 1.82) is 5.41 Å². The number of nitrogens with zero attached hydrogens (tertiary/aromatic N) is 4. The minimum atomic E-state index is -0.745. The van der Waals surface area contributed by atoms with Crippen LogP contribution in [-0.2, 0) is 22.7 Å². The first-order valence-electron chi connectivity index (χ1n) is 15.4. The lowest BCUT2D eigenvalue weighted by atomic mass is 9.82. The summed E-state index contributed by atoms with van der Waals surface area (Å²) in [7, 11) is 0. The number of oxime groups is 1. The van der Waals surface area contributed by atoms with Crippen molar-refractivity contribution in [3.63, 3.8) is 0 Å². The van der Waals surface area contributed by atoms with Gasteiger partial charge in [-0.3, -0.25) is 15.0 Å². The number of rotatable bonds is 11. The molecule has 3 aromatic rings. The smallest absolute Gasteiger partial charge is 0.306 e. The molecule has 45 heavy (non-hydrogen) atoms. The second kappa shape index (κ2) is 14.3. The third kappa shape index (κ3) is 8.02. The zero-order valence-electron chi connectivity index (χ0n) is 25.4. The van der Waals surface area contributed by atoms with Gasteiger partial charge >= 0.3 is 5.97 Å². The van der Waals surface area contributed by atoms with Crippen LogP contribution in [0.4, 0.5) is 0 Å². The molecule has 2 aliphatic rings. The second-order valence-corrected chi connectivity index (χ2v) is 11.8. The highest BCUT2D eigenvalue weighted by Gasteiger charge is 2.26. The maximum atomic E-state index is 13.1. The van der Waals surface area contributed by atoms with E-state index >= 15 is 0 Å². The number of aliphatic carboxylic acids is 1. The fourth-order valence-electron chi connectivity index (χ4n) is 6.02. The number of amides is 1. The molecular weight excluding hydrogens is 578 g/mol. The summed E-state index contributed by atoms with van der Waals surface area (Å²) in [5.41, 5.74) is 7.57. The van der Waals surface area contributed by atoms with Crippen LogP contribution in [-0.4, -0.2) is 74.1 Å². The van der Waals surface area contributed by atoms with E-state index in [2.05, 4.69) is 15.4 Å².